The van der Waals surface area contributed by atoms with E-state index >= 15 is 0 Å². The van der Waals surface area contributed by atoms with Gasteiger partial charge in [0.15, 0.2) is 0 Å². The molecule has 8 nitrogen and oxygen atoms in total. The molecule has 170 valence electrons. The Morgan fingerprint density at radius 3 is 2.50 bits per heavy atom. The van der Waals surface area contributed by atoms with Crippen molar-refractivity contribution in [3.63, 3.8) is 0 Å². The van der Waals surface area contributed by atoms with Gasteiger partial charge in [0.25, 0.3) is 0 Å². The van der Waals surface area contributed by atoms with Crippen molar-refractivity contribution in [2.75, 3.05) is 19.8 Å². The second kappa shape index (κ2) is 11.2. The molecule has 32 heavy (non-hydrogen) atoms. The molecule has 0 unspecified atom stereocenters. The van der Waals surface area contributed by atoms with Crippen LogP contribution in [-0.4, -0.2) is 48.6 Å². The number of ether oxygens (including phenoxy) is 3. The van der Waals surface area contributed by atoms with Crippen molar-refractivity contribution in [3.05, 3.63) is 65.2 Å². The van der Waals surface area contributed by atoms with E-state index in [0.29, 0.717) is 44.8 Å². The minimum Gasteiger partial charge on any atom is -0.489 e. The van der Waals surface area contributed by atoms with E-state index in [1.54, 1.807) is 24.0 Å². The fourth-order valence-corrected chi connectivity index (χ4v) is 3.50. The number of esters is 1. The standard InChI is InChI=1S/C24H29N3O5/c1-2-30-22(28)4-3-13-27-20(16-32-24(27)29)14-17-7-11-21(12-8-17)31-15-18-5-9-19(10-6-18)23(25)26/h5-12,20H,2-4,13-16H2,1H3,(H3,25,26)/t20-/m0/s1. The number of nitrogens with one attached hydrogen (secondary N) is 1. The van der Waals surface area contributed by atoms with E-state index in [1.165, 1.54) is 0 Å². The summed E-state index contributed by atoms with van der Waals surface area (Å²) < 4.78 is 16.0. The number of rotatable bonds is 11. The van der Waals surface area contributed by atoms with Gasteiger partial charge in [-0.25, -0.2) is 4.79 Å². The number of hydrogen-bond donors (Lipinski definition) is 2. The number of carbonyl (C=O) groups is 2. The summed E-state index contributed by atoms with van der Waals surface area (Å²) in [4.78, 5) is 25.3. The smallest absolute Gasteiger partial charge is 0.410 e. The quantitative estimate of drug-likeness (QED) is 0.315. The van der Waals surface area contributed by atoms with Gasteiger partial charge in [-0.05, 0) is 43.0 Å². The molecule has 3 N–H and O–H groups in total. The molecule has 0 aromatic heterocycles. The molecule has 1 amide bonds. The van der Waals surface area contributed by atoms with E-state index in [0.717, 1.165) is 16.9 Å². The fourth-order valence-electron chi connectivity index (χ4n) is 3.50. The van der Waals surface area contributed by atoms with Crippen LogP contribution in [0, 0.1) is 5.41 Å². The van der Waals surface area contributed by atoms with Crippen LogP contribution in [-0.2, 0) is 27.3 Å². The van der Waals surface area contributed by atoms with Gasteiger partial charge in [0.2, 0.25) is 0 Å². The van der Waals surface area contributed by atoms with Crippen LogP contribution in [0.15, 0.2) is 48.5 Å². The van der Waals surface area contributed by atoms with Crippen molar-refractivity contribution >= 4 is 17.9 Å². The van der Waals surface area contributed by atoms with Crippen LogP contribution in [0.25, 0.3) is 0 Å². The lowest BCUT2D eigenvalue weighted by atomic mass is 10.1. The zero-order chi connectivity index (χ0) is 22.9. The highest BCUT2D eigenvalue weighted by atomic mass is 16.6. The van der Waals surface area contributed by atoms with E-state index in [4.69, 9.17) is 25.4 Å². The van der Waals surface area contributed by atoms with Crippen LogP contribution in [0.5, 0.6) is 5.75 Å². The summed E-state index contributed by atoms with van der Waals surface area (Å²) in [6, 6.07) is 15.1. The van der Waals surface area contributed by atoms with Gasteiger partial charge in [0.05, 0.1) is 12.6 Å². The lowest BCUT2D eigenvalue weighted by Gasteiger charge is -2.21. The molecule has 0 spiro atoms. The van der Waals surface area contributed by atoms with Crippen molar-refractivity contribution in [3.8, 4) is 5.75 Å². The fraction of sp³-hybridized carbons (Fsp3) is 0.375. The predicted octanol–water partition coefficient (Wildman–Crippen LogP) is 3.26. The second-order valence-corrected chi connectivity index (χ2v) is 7.58. The maximum absolute atomic E-state index is 12.1. The molecule has 0 aliphatic carbocycles. The highest BCUT2D eigenvalue weighted by Gasteiger charge is 2.32. The number of benzene rings is 2. The molecule has 1 aliphatic heterocycles. The van der Waals surface area contributed by atoms with Crippen LogP contribution < -0.4 is 10.5 Å². The molecule has 1 fully saturated rings. The van der Waals surface area contributed by atoms with Gasteiger partial charge in [-0.15, -0.1) is 0 Å². The van der Waals surface area contributed by atoms with Gasteiger partial charge < -0.3 is 24.8 Å². The summed E-state index contributed by atoms with van der Waals surface area (Å²) >= 11 is 0. The van der Waals surface area contributed by atoms with E-state index in [2.05, 4.69) is 0 Å². The number of carbonyl (C=O) groups excluding carboxylic acids is 2. The third-order valence-electron chi connectivity index (χ3n) is 5.22. The molecular formula is C24H29N3O5. The monoisotopic (exact) mass is 439 g/mol. The second-order valence-electron chi connectivity index (χ2n) is 7.58. The highest BCUT2D eigenvalue weighted by Crippen LogP contribution is 2.20. The van der Waals surface area contributed by atoms with Crippen LogP contribution in [0.3, 0.4) is 0 Å². The normalized spacial score (nSPS) is 15.3. The zero-order valence-corrected chi connectivity index (χ0v) is 18.2. The first-order valence-electron chi connectivity index (χ1n) is 10.7. The minimum absolute atomic E-state index is 0.0417. The summed E-state index contributed by atoms with van der Waals surface area (Å²) in [5.41, 5.74) is 8.21. The van der Waals surface area contributed by atoms with Crippen molar-refractivity contribution in [2.24, 2.45) is 5.73 Å². The van der Waals surface area contributed by atoms with Gasteiger partial charge in [-0.2, -0.15) is 0 Å². The lowest BCUT2D eigenvalue weighted by molar-refractivity contribution is -0.143. The van der Waals surface area contributed by atoms with Gasteiger partial charge >= 0.3 is 12.1 Å². The van der Waals surface area contributed by atoms with Crippen molar-refractivity contribution in [1.82, 2.24) is 4.90 Å². The van der Waals surface area contributed by atoms with E-state index in [-0.39, 0.29) is 30.4 Å². The molecule has 0 saturated carbocycles. The first-order chi connectivity index (χ1) is 15.5. The van der Waals surface area contributed by atoms with Crippen molar-refractivity contribution < 1.29 is 23.8 Å². The highest BCUT2D eigenvalue weighted by molar-refractivity contribution is 5.94. The Kier molecular flexibility index (Phi) is 8.08. The number of amidine groups is 1. The Hall–Kier alpha value is -3.55. The maximum Gasteiger partial charge on any atom is 0.410 e. The number of amides is 1. The number of nitrogens with zero attached hydrogens (tertiary/aromatic N) is 1. The largest absolute Gasteiger partial charge is 0.489 e. The SMILES string of the molecule is CCOC(=O)CCCN1C(=O)OC[C@@H]1Cc1ccc(OCc2ccc(C(=N)N)cc2)cc1. The Balaban J connectivity index is 1.49. The van der Waals surface area contributed by atoms with Crippen LogP contribution in [0.1, 0.15) is 36.5 Å². The Labute approximate surface area is 187 Å². The Bertz CT molecular complexity index is 928. The minimum atomic E-state index is -0.338. The van der Waals surface area contributed by atoms with E-state index in [9.17, 15) is 9.59 Å². The third kappa shape index (κ3) is 6.47. The number of nitrogen functional groups attached to an aromatic ring is 1. The van der Waals surface area contributed by atoms with E-state index in [1.807, 2.05) is 36.4 Å². The van der Waals surface area contributed by atoms with Gasteiger partial charge in [0, 0.05) is 18.5 Å². The van der Waals surface area contributed by atoms with Gasteiger partial charge in [-0.1, -0.05) is 36.4 Å². The molecule has 0 radical (unpaired) electrons. The molecule has 2 aromatic rings. The van der Waals surface area contributed by atoms with E-state index < -0.39 is 0 Å². The Morgan fingerprint density at radius 2 is 1.84 bits per heavy atom. The zero-order valence-electron chi connectivity index (χ0n) is 18.2. The van der Waals surface area contributed by atoms with Crippen LogP contribution >= 0.6 is 0 Å². The summed E-state index contributed by atoms with van der Waals surface area (Å²) in [7, 11) is 0. The molecule has 0 bridgehead atoms. The molecule has 1 saturated heterocycles. The molecular weight excluding hydrogens is 410 g/mol. The number of nitrogens with two attached hydrogens (primary N) is 1. The summed E-state index contributed by atoms with van der Waals surface area (Å²) in [5, 5.41) is 7.43. The molecule has 1 atom stereocenters. The average molecular weight is 440 g/mol. The molecule has 3 rings (SSSR count). The average Bonchev–Trinajstić information content (AvgIpc) is 3.13. The van der Waals surface area contributed by atoms with Crippen LogP contribution in [0.2, 0.25) is 0 Å². The summed E-state index contributed by atoms with van der Waals surface area (Å²) in [5.74, 6) is 0.538. The lowest BCUT2D eigenvalue weighted by Crippen LogP contribution is -2.36. The van der Waals surface area contributed by atoms with Crippen molar-refractivity contribution in [2.45, 2.75) is 38.8 Å². The molecule has 8 heteroatoms. The number of hydrogen-bond acceptors (Lipinski definition) is 6. The number of cyclic esters (lactones) is 1. The molecule has 2 aromatic carbocycles. The predicted molar refractivity (Wildman–Crippen MR) is 120 cm³/mol. The first-order valence-corrected chi connectivity index (χ1v) is 10.7. The van der Waals surface area contributed by atoms with Gasteiger partial charge in [-0.3, -0.25) is 10.2 Å². The Morgan fingerprint density at radius 1 is 1.16 bits per heavy atom. The summed E-state index contributed by atoms with van der Waals surface area (Å²) in [6.45, 7) is 3.35. The van der Waals surface area contributed by atoms with Gasteiger partial charge in [0.1, 0.15) is 24.8 Å². The molecule has 1 heterocycles. The third-order valence-corrected chi connectivity index (χ3v) is 5.22. The molecule has 1 aliphatic rings. The maximum atomic E-state index is 12.1. The first kappa shape index (κ1) is 23.1. The topological polar surface area (TPSA) is 115 Å². The summed E-state index contributed by atoms with van der Waals surface area (Å²) in [6.07, 6.45) is 1.16. The van der Waals surface area contributed by atoms with Crippen LogP contribution in [0.4, 0.5) is 4.79 Å². The van der Waals surface area contributed by atoms with Crippen molar-refractivity contribution in [1.29, 1.82) is 5.41 Å².